The van der Waals surface area contributed by atoms with E-state index in [1.165, 1.54) is 25.7 Å². The fourth-order valence-corrected chi connectivity index (χ4v) is 7.85. The number of rotatable bonds is 2. The van der Waals surface area contributed by atoms with Gasteiger partial charge in [0.2, 0.25) is 0 Å². The smallest absolute Gasteiger partial charge is 0.00932 e. The third-order valence-corrected chi connectivity index (χ3v) is 8.27. The molecule has 7 aliphatic rings. The number of hydrogen-bond acceptors (Lipinski definition) is 1. The van der Waals surface area contributed by atoms with E-state index in [1.54, 1.807) is 19.3 Å². The average Bonchev–Trinajstić information content (AvgIpc) is 2.42. The van der Waals surface area contributed by atoms with Gasteiger partial charge in [0.05, 0.1) is 0 Å². The fraction of sp³-hybridized carbons (Fsp3) is 1.00. The van der Waals surface area contributed by atoms with Gasteiger partial charge in [-0.15, -0.1) is 0 Å². The minimum atomic E-state index is 0.502. The molecule has 0 aliphatic heterocycles. The van der Waals surface area contributed by atoms with Gasteiger partial charge in [-0.05, 0) is 91.8 Å². The molecule has 0 spiro atoms. The Morgan fingerprint density at radius 2 is 1.33 bits per heavy atom. The van der Waals surface area contributed by atoms with Crippen molar-refractivity contribution in [3.63, 3.8) is 0 Å². The Labute approximate surface area is 111 Å². The summed E-state index contributed by atoms with van der Waals surface area (Å²) in [6, 6.07) is 0.502. The molecule has 1 atom stereocenters. The summed E-state index contributed by atoms with van der Waals surface area (Å²) in [5.74, 6) is 7.87. The first-order valence-electron chi connectivity index (χ1n) is 8.47. The minimum absolute atomic E-state index is 0.502. The molecule has 7 rings (SSSR count). The zero-order valence-electron chi connectivity index (χ0n) is 11.6. The van der Waals surface area contributed by atoms with Crippen molar-refractivity contribution < 1.29 is 0 Å². The monoisotopic (exact) mass is 245 g/mol. The fourth-order valence-electron chi connectivity index (χ4n) is 7.85. The number of hydrogen-bond donors (Lipinski definition) is 1. The lowest BCUT2D eigenvalue weighted by molar-refractivity contribution is -0.237. The van der Waals surface area contributed by atoms with Crippen LogP contribution in [0.25, 0.3) is 0 Å². The highest BCUT2D eigenvalue weighted by molar-refractivity contribution is 5.17. The molecule has 7 fully saturated rings. The van der Waals surface area contributed by atoms with Crippen LogP contribution in [0, 0.1) is 46.8 Å². The highest BCUT2D eigenvalue weighted by Gasteiger charge is 2.67. The molecule has 7 aliphatic carbocycles. The Bertz CT molecular complexity index is 327. The molecule has 2 N–H and O–H groups in total. The summed E-state index contributed by atoms with van der Waals surface area (Å²) in [6.07, 6.45) is 10.6. The van der Waals surface area contributed by atoms with Gasteiger partial charge in [-0.25, -0.2) is 0 Å². The highest BCUT2D eigenvalue weighted by atomic mass is 14.8. The van der Waals surface area contributed by atoms with Crippen LogP contribution in [-0.2, 0) is 0 Å². The van der Waals surface area contributed by atoms with Gasteiger partial charge in [0.15, 0.2) is 0 Å². The van der Waals surface area contributed by atoms with Gasteiger partial charge < -0.3 is 5.73 Å². The van der Waals surface area contributed by atoms with Gasteiger partial charge in [0.1, 0.15) is 0 Å². The quantitative estimate of drug-likeness (QED) is 0.792. The molecule has 1 heteroatoms. The summed E-state index contributed by atoms with van der Waals surface area (Å²) >= 11 is 0. The molecule has 0 aromatic rings. The molecular formula is C17H27N. The molecular weight excluding hydrogens is 218 g/mol. The van der Waals surface area contributed by atoms with Crippen molar-refractivity contribution in [1.82, 2.24) is 0 Å². The van der Waals surface area contributed by atoms with Crippen LogP contribution in [0.1, 0.15) is 51.9 Å². The van der Waals surface area contributed by atoms with Crippen LogP contribution < -0.4 is 5.73 Å². The maximum Gasteiger partial charge on any atom is 0.00932 e. The van der Waals surface area contributed by atoms with Crippen LogP contribution in [0.5, 0.6) is 0 Å². The maximum absolute atomic E-state index is 6.58. The summed E-state index contributed by atoms with van der Waals surface area (Å²) in [6.45, 7) is 2.31. The van der Waals surface area contributed by atoms with E-state index in [9.17, 15) is 0 Å². The average molecular weight is 245 g/mol. The summed E-state index contributed by atoms with van der Waals surface area (Å²) in [7, 11) is 0. The van der Waals surface area contributed by atoms with Gasteiger partial charge in [-0.2, -0.15) is 0 Å². The summed E-state index contributed by atoms with van der Waals surface area (Å²) in [4.78, 5) is 0. The molecule has 8 bridgehead atoms. The van der Waals surface area contributed by atoms with Gasteiger partial charge in [-0.3, -0.25) is 0 Å². The van der Waals surface area contributed by atoms with Crippen LogP contribution >= 0.6 is 0 Å². The largest absolute Gasteiger partial charge is 0.327 e. The van der Waals surface area contributed by atoms with E-state index in [1.807, 2.05) is 0 Å². The van der Waals surface area contributed by atoms with Crippen LogP contribution in [0.15, 0.2) is 0 Å². The van der Waals surface area contributed by atoms with Crippen molar-refractivity contribution >= 4 is 0 Å². The van der Waals surface area contributed by atoms with E-state index >= 15 is 0 Å². The second kappa shape index (κ2) is 3.16. The van der Waals surface area contributed by atoms with Crippen LogP contribution in [-0.4, -0.2) is 6.04 Å². The van der Waals surface area contributed by atoms with Crippen LogP contribution in [0.2, 0.25) is 0 Å². The Kier molecular flexibility index (Phi) is 1.88. The Morgan fingerprint density at radius 3 is 1.72 bits per heavy atom. The standard InChI is InChI=1S/C17H27N/c1-2-16(18)17-6-13-10-3-9-4-11(13)15(8-17)12(5-9)14(10)7-17/h9-16H,2-8,18H2,1H3. The van der Waals surface area contributed by atoms with E-state index in [0.29, 0.717) is 11.5 Å². The zero-order valence-corrected chi connectivity index (χ0v) is 11.6. The lowest BCUT2D eigenvalue weighted by Crippen LogP contribution is -2.67. The lowest BCUT2D eigenvalue weighted by atomic mass is 9.32. The molecule has 0 aromatic heterocycles. The van der Waals surface area contributed by atoms with Crippen molar-refractivity contribution in [2.75, 3.05) is 0 Å². The molecule has 0 heterocycles. The first-order chi connectivity index (χ1) is 8.72. The van der Waals surface area contributed by atoms with E-state index in [-0.39, 0.29) is 0 Å². The topological polar surface area (TPSA) is 26.0 Å². The van der Waals surface area contributed by atoms with Gasteiger partial charge in [-0.1, -0.05) is 6.92 Å². The van der Waals surface area contributed by atoms with Crippen molar-refractivity contribution in [2.45, 2.75) is 57.9 Å². The van der Waals surface area contributed by atoms with Crippen molar-refractivity contribution in [2.24, 2.45) is 52.6 Å². The molecule has 0 saturated heterocycles. The van der Waals surface area contributed by atoms with Crippen LogP contribution in [0.3, 0.4) is 0 Å². The van der Waals surface area contributed by atoms with E-state index in [2.05, 4.69) is 6.92 Å². The molecule has 100 valence electrons. The Balaban J connectivity index is 1.59. The van der Waals surface area contributed by atoms with Gasteiger partial charge >= 0.3 is 0 Å². The summed E-state index contributed by atoms with van der Waals surface area (Å²) in [5, 5.41) is 0. The van der Waals surface area contributed by atoms with Crippen LogP contribution in [0.4, 0.5) is 0 Å². The van der Waals surface area contributed by atoms with Crippen molar-refractivity contribution in [1.29, 1.82) is 0 Å². The SMILES string of the molecule is CCC(N)C12CC3C4CC5CC3C(C1)C(C5)C4C2. The second-order valence-electron chi connectivity index (χ2n) is 8.55. The third-order valence-electron chi connectivity index (χ3n) is 8.27. The lowest BCUT2D eigenvalue weighted by Gasteiger charge is -2.73. The molecule has 18 heavy (non-hydrogen) atoms. The summed E-state index contributed by atoms with van der Waals surface area (Å²) < 4.78 is 0. The molecule has 0 radical (unpaired) electrons. The molecule has 7 saturated carbocycles. The van der Waals surface area contributed by atoms with E-state index in [0.717, 1.165) is 41.4 Å². The van der Waals surface area contributed by atoms with Gasteiger partial charge in [0, 0.05) is 6.04 Å². The normalized spacial score (nSPS) is 64.7. The second-order valence-corrected chi connectivity index (χ2v) is 8.55. The first-order valence-corrected chi connectivity index (χ1v) is 8.47. The Hall–Kier alpha value is -0.0400. The highest BCUT2D eigenvalue weighted by Crippen LogP contribution is 2.74. The molecule has 1 unspecified atom stereocenters. The third kappa shape index (κ3) is 1.03. The molecule has 0 amide bonds. The number of nitrogens with two attached hydrogens (primary N) is 1. The molecule has 1 nitrogen and oxygen atoms in total. The van der Waals surface area contributed by atoms with Gasteiger partial charge in [0.25, 0.3) is 0 Å². The van der Waals surface area contributed by atoms with E-state index in [4.69, 9.17) is 5.73 Å². The van der Waals surface area contributed by atoms with Crippen molar-refractivity contribution in [3.8, 4) is 0 Å². The summed E-state index contributed by atoms with van der Waals surface area (Å²) in [5.41, 5.74) is 7.17. The minimum Gasteiger partial charge on any atom is -0.327 e. The van der Waals surface area contributed by atoms with Crippen molar-refractivity contribution in [3.05, 3.63) is 0 Å². The predicted molar refractivity (Wildman–Crippen MR) is 72.8 cm³/mol. The zero-order chi connectivity index (χ0) is 12.1. The maximum atomic E-state index is 6.58. The van der Waals surface area contributed by atoms with E-state index < -0.39 is 0 Å². The molecule has 0 aromatic carbocycles. The Morgan fingerprint density at radius 1 is 0.889 bits per heavy atom. The predicted octanol–water partition coefficient (Wildman–Crippen LogP) is 3.43. The first kappa shape index (κ1) is 10.7.